The van der Waals surface area contributed by atoms with Gasteiger partial charge in [0.05, 0.1) is 19.8 Å². The van der Waals surface area contributed by atoms with Gasteiger partial charge in [0, 0.05) is 13.0 Å². The Morgan fingerprint density at radius 2 is 1.12 bits per heavy atom. The smallest absolute Gasteiger partial charge is 0.472 e. The fourth-order valence-corrected chi connectivity index (χ4v) is 5.98. The summed E-state index contributed by atoms with van der Waals surface area (Å²) in [6.45, 7) is 3.69. The van der Waals surface area contributed by atoms with Crippen LogP contribution in [-0.2, 0) is 32.7 Å². The molecule has 4 N–H and O–H groups in total. The summed E-state index contributed by atoms with van der Waals surface area (Å²) in [5, 5.41) is 8.87. The number of nitrogens with two attached hydrogens (primary N) is 1. The summed E-state index contributed by atoms with van der Waals surface area (Å²) in [5.41, 5.74) is 5.34. The van der Waals surface area contributed by atoms with Crippen LogP contribution >= 0.6 is 7.82 Å². The van der Waals surface area contributed by atoms with Crippen molar-refractivity contribution in [1.29, 1.82) is 0 Å². The number of carbonyl (C=O) groups is 2. The molecule has 302 valence electrons. The van der Waals surface area contributed by atoms with Crippen LogP contribution in [0, 0.1) is 0 Å². The topological polar surface area (TPSA) is 155 Å². The monoisotopic (exact) mass is 756 g/mol. The molecule has 0 radical (unpaired) electrons. The van der Waals surface area contributed by atoms with Crippen LogP contribution in [0.2, 0.25) is 0 Å². The summed E-state index contributed by atoms with van der Waals surface area (Å²) in [4.78, 5) is 33.4. The van der Waals surface area contributed by atoms with Gasteiger partial charge in [-0.1, -0.05) is 133 Å². The zero-order valence-electron chi connectivity index (χ0n) is 32.6. The molecule has 0 aromatic heterocycles. The minimum absolute atomic E-state index is 0.00263. The number of rotatable bonds is 38. The average Bonchev–Trinajstić information content (AvgIpc) is 3.12. The van der Waals surface area contributed by atoms with E-state index in [-0.39, 0.29) is 13.0 Å². The maximum atomic E-state index is 12.6. The number of esters is 1. The Morgan fingerprint density at radius 3 is 1.69 bits per heavy atom. The second kappa shape index (κ2) is 37.3. The molecule has 0 bridgehead atoms. The molecule has 3 atom stereocenters. The van der Waals surface area contributed by atoms with Crippen LogP contribution in [0.5, 0.6) is 0 Å². The molecule has 0 aromatic rings. The summed E-state index contributed by atoms with van der Waals surface area (Å²) in [7, 11) is -4.62. The van der Waals surface area contributed by atoms with E-state index in [0.717, 1.165) is 83.5 Å². The second-order valence-corrected chi connectivity index (χ2v) is 14.8. The van der Waals surface area contributed by atoms with Crippen LogP contribution < -0.4 is 5.73 Å². The van der Waals surface area contributed by atoms with Crippen molar-refractivity contribution in [3.8, 4) is 0 Å². The minimum Gasteiger partial charge on any atom is -0.480 e. The van der Waals surface area contributed by atoms with Crippen LogP contribution in [0.25, 0.3) is 0 Å². The summed E-state index contributed by atoms with van der Waals surface area (Å²) in [6.07, 6.45) is 41.6. The first-order valence-electron chi connectivity index (χ1n) is 20.2. The zero-order valence-corrected chi connectivity index (χ0v) is 33.5. The molecule has 0 aliphatic rings. The molecule has 0 spiro atoms. The Hall–Kier alpha value is -2.07. The lowest BCUT2D eigenvalue weighted by molar-refractivity contribution is -0.154. The first kappa shape index (κ1) is 49.9. The highest BCUT2D eigenvalue weighted by atomic mass is 31.2. The normalized spacial score (nSPS) is 14.5. The van der Waals surface area contributed by atoms with E-state index in [1.54, 1.807) is 0 Å². The molecular formula is C41H74NO9P. The van der Waals surface area contributed by atoms with Crippen LogP contribution in [0.1, 0.15) is 162 Å². The van der Waals surface area contributed by atoms with Crippen LogP contribution in [0.4, 0.5) is 0 Å². The van der Waals surface area contributed by atoms with Gasteiger partial charge in [0.2, 0.25) is 0 Å². The van der Waals surface area contributed by atoms with Crippen molar-refractivity contribution in [2.24, 2.45) is 5.73 Å². The maximum absolute atomic E-state index is 12.6. The lowest BCUT2D eigenvalue weighted by Gasteiger charge is -2.20. The summed E-state index contributed by atoms with van der Waals surface area (Å²) >= 11 is 0. The van der Waals surface area contributed by atoms with Gasteiger partial charge in [-0.25, -0.2) is 4.57 Å². The van der Waals surface area contributed by atoms with Gasteiger partial charge in [-0.2, -0.15) is 0 Å². The lowest BCUT2D eigenvalue weighted by atomic mass is 10.1. The van der Waals surface area contributed by atoms with E-state index in [0.29, 0.717) is 13.0 Å². The van der Waals surface area contributed by atoms with E-state index in [1.165, 1.54) is 51.4 Å². The number of carboxylic acids is 1. The molecule has 0 amide bonds. The highest BCUT2D eigenvalue weighted by molar-refractivity contribution is 7.47. The van der Waals surface area contributed by atoms with Gasteiger partial charge in [-0.15, -0.1) is 0 Å². The fourth-order valence-electron chi connectivity index (χ4n) is 5.20. The van der Waals surface area contributed by atoms with E-state index >= 15 is 0 Å². The first-order chi connectivity index (χ1) is 25.2. The third kappa shape index (κ3) is 36.3. The molecule has 10 nitrogen and oxygen atoms in total. The molecule has 0 rings (SSSR count). The van der Waals surface area contributed by atoms with Gasteiger partial charge in [0.15, 0.2) is 0 Å². The number of carbonyl (C=O) groups excluding carboxylic acids is 1. The van der Waals surface area contributed by atoms with E-state index in [9.17, 15) is 19.0 Å². The van der Waals surface area contributed by atoms with E-state index < -0.39 is 45.1 Å². The van der Waals surface area contributed by atoms with E-state index in [1.807, 2.05) is 0 Å². The third-order valence-corrected chi connectivity index (χ3v) is 9.29. The second-order valence-electron chi connectivity index (χ2n) is 13.4. The van der Waals surface area contributed by atoms with E-state index in [4.69, 9.17) is 29.4 Å². The standard InChI is InChI=1S/C41H74NO9P/c1-3-5-7-9-11-13-15-17-19-20-21-23-25-27-29-31-33-40(43)51-38(36-49-52(46,47)50-37-39(42)41(44)45)35-48-34-32-30-28-26-24-22-18-16-14-12-10-8-6-4-2/h6,8,12,14,18-20,22,38-39H,3-5,7,9-11,13,15-17,21,23-37,42H2,1-2H3,(H,44,45)(H,46,47)/b8-6-,14-12-,20-19-,22-18-. The van der Waals surface area contributed by atoms with Gasteiger partial charge in [0.1, 0.15) is 12.1 Å². The van der Waals surface area contributed by atoms with Gasteiger partial charge in [-0.05, 0) is 70.6 Å². The van der Waals surface area contributed by atoms with Crippen molar-refractivity contribution in [3.63, 3.8) is 0 Å². The number of aliphatic carboxylic acids is 1. The molecule has 0 aromatic carbocycles. The number of carboxylic acid groups (broad SMARTS) is 1. The zero-order chi connectivity index (χ0) is 38.4. The van der Waals surface area contributed by atoms with Crippen LogP contribution in [-0.4, -0.2) is 60.5 Å². The number of phosphoric acid groups is 1. The molecule has 0 aliphatic carbocycles. The van der Waals surface area contributed by atoms with Crippen LogP contribution in [0.3, 0.4) is 0 Å². The molecule has 0 saturated carbocycles. The van der Waals surface area contributed by atoms with Crippen molar-refractivity contribution < 1.29 is 42.7 Å². The van der Waals surface area contributed by atoms with Gasteiger partial charge < -0.3 is 25.2 Å². The third-order valence-electron chi connectivity index (χ3n) is 8.34. The molecule has 0 fully saturated rings. The summed E-state index contributed by atoms with van der Waals surface area (Å²) in [6, 6.07) is -1.48. The first-order valence-corrected chi connectivity index (χ1v) is 21.7. The van der Waals surface area contributed by atoms with Gasteiger partial charge in [-0.3, -0.25) is 18.6 Å². The van der Waals surface area contributed by atoms with Crippen molar-refractivity contribution in [2.45, 2.75) is 174 Å². The number of unbranched alkanes of at least 4 members (excludes halogenated alkanes) is 16. The van der Waals surface area contributed by atoms with Crippen molar-refractivity contribution in [2.75, 3.05) is 26.4 Å². The molecule has 52 heavy (non-hydrogen) atoms. The lowest BCUT2D eigenvalue weighted by Crippen LogP contribution is -2.34. The molecule has 0 aliphatic heterocycles. The Kier molecular flexibility index (Phi) is 35.8. The van der Waals surface area contributed by atoms with Crippen molar-refractivity contribution >= 4 is 19.8 Å². The Bertz CT molecular complexity index is 1010. The predicted octanol–water partition coefficient (Wildman–Crippen LogP) is 10.7. The number of hydrogen-bond acceptors (Lipinski definition) is 8. The number of phosphoric ester groups is 1. The predicted molar refractivity (Wildman–Crippen MR) is 212 cm³/mol. The number of allylic oxidation sites excluding steroid dienone is 8. The SMILES string of the molecule is CC/C=C\C/C=C\C/C=C\CCCCCCOCC(COP(=O)(O)OCC(N)C(=O)O)OC(=O)CCCCCCC/C=C\CCCCCCCCC. The van der Waals surface area contributed by atoms with Gasteiger partial charge in [0.25, 0.3) is 0 Å². The Labute approximate surface area is 316 Å². The maximum Gasteiger partial charge on any atom is 0.472 e. The minimum atomic E-state index is -4.62. The molecule has 3 unspecified atom stereocenters. The van der Waals surface area contributed by atoms with Crippen LogP contribution in [0.15, 0.2) is 48.6 Å². The summed E-state index contributed by atoms with van der Waals surface area (Å²) in [5.74, 6) is -1.80. The summed E-state index contributed by atoms with van der Waals surface area (Å²) < 4.78 is 33.2. The highest BCUT2D eigenvalue weighted by Crippen LogP contribution is 2.43. The largest absolute Gasteiger partial charge is 0.480 e. The Morgan fingerprint density at radius 1 is 0.635 bits per heavy atom. The van der Waals surface area contributed by atoms with E-state index in [2.05, 4.69) is 62.5 Å². The fraction of sp³-hybridized carbons (Fsp3) is 0.756. The molecular weight excluding hydrogens is 681 g/mol. The average molecular weight is 756 g/mol. The Balaban J connectivity index is 4.33. The molecule has 11 heteroatoms. The highest BCUT2D eigenvalue weighted by Gasteiger charge is 2.27. The quantitative estimate of drug-likeness (QED) is 0.0240. The molecule has 0 heterocycles. The number of ether oxygens (including phenoxy) is 2. The van der Waals surface area contributed by atoms with Crippen molar-refractivity contribution in [1.82, 2.24) is 0 Å². The van der Waals surface area contributed by atoms with Crippen molar-refractivity contribution in [3.05, 3.63) is 48.6 Å². The molecule has 0 saturated heterocycles. The number of hydrogen-bond donors (Lipinski definition) is 3. The van der Waals surface area contributed by atoms with Gasteiger partial charge >= 0.3 is 19.8 Å².